The van der Waals surface area contributed by atoms with Gasteiger partial charge in [0.1, 0.15) is 5.60 Å². The van der Waals surface area contributed by atoms with Crippen LogP contribution in [-0.4, -0.2) is 44.8 Å². The van der Waals surface area contributed by atoms with E-state index in [1.54, 1.807) is 29.4 Å². The second-order valence-corrected chi connectivity index (χ2v) is 9.34. The molecule has 0 spiro atoms. The molecule has 1 unspecified atom stereocenters. The number of aliphatic hydroxyl groups is 1. The molecule has 3 N–H and O–H groups in total. The smallest absolute Gasteiger partial charge is 0.219 e. The van der Waals surface area contributed by atoms with Gasteiger partial charge in [-0.1, -0.05) is 27.4 Å². The van der Waals surface area contributed by atoms with E-state index in [2.05, 4.69) is 28.2 Å². The number of rotatable bonds is 1. The Hall–Kier alpha value is -2.38. The maximum atomic E-state index is 12.2. The predicted octanol–water partition coefficient (Wildman–Crippen LogP) is 3.06. The third-order valence-electron chi connectivity index (χ3n) is 5.56. The molecule has 0 aromatic carbocycles. The van der Waals surface area contributed by atoms with Gasteiger partial charge in [-0.2, -0.15) is 5.10 Å². The normalized spacial score (nSPS) is 22.4. The Morgan fingerprint density at radius 3 is 2.78 bits per heavy atom. The van der Waals surface area contributed by atoms with Crippen LogP contribution in [-0.2, 0) is 4.79 Å². The number of aromatic amines is 1. The summed E-state index contributed by atoms with van der Waals surface area (Å²) in [6.07, 6.45) is 3.65. The molecule has 7 heteroatoms. The zero-order valence-electron chi connectivity index (χ0n) is 16.0. The van der Waals surface area contributed by atoms with E-state index in [0.29, 0.717) is 6.54 Å². The van der Waals surface area contributed by atoms with Crippen molar-refractivity contribution in [3.05, 3.63) is 41.2 Å². The molecule has 0 saturated carbocycles. The average molecular weight is 385 g/mol. The molecule has 27 heavy (non-hydrogen) atoms. The summed E-state index contributed by atoms with van der Waals surface area (Å²) in [5.41, 5.74) is 2.89. The number of thiophene rings is 1. The maximum Gasteiger partial charge on any atom is 0.219 e. The number of H-pyrrole nitrogens is 1. The zero-order valence-corrected chi connectivity index (χ0v) is 16.8. The monoisotopic (exact) mass is 384 g/mol. The number of hydrogen-bond acceptors (Lipinski definition) is 5. The largest absolute Gasteiger partial charge is 0.381 e. The molecule has 2 aliphatic rings. The van der Waals surface area contributed by atoms with E-state index in [4.69, 9.17) is 0 Å². The van der Waals surface area contributed by atoms with Crippen molar-refractivity contribution < 1.29 is 9.90 Å². The summed E-state index contributed by atoms with van der Waals surface area (Å²) >= 11 is 1.63. The number of aromatic nitrogens is 2. The number of carbonyl (C=O) groups is 1. The number of amides is 1. The summed E-state index contributed by atoms with van der Waals surface area (Å²) in [5.74, 6) is -0.0412. The van der Waals surface area contributed by atoms with Gasteiger partial charge in [0.2, 0.25) is 5.91 Å². The van der Waals surface area contributed by atoms with E-state index in [0.717, 1.165) is 37.8 Å². The van der Waals surface area contributed by atoms with E-state index >= 15 is 0 Å². The Bertz CT molecular complexity index is 965. The molecule has 6 nitrogen and oxygen atoms in total. The highest BCUT2D eigenvalue weighted by molar-refractivity contribution is 7.16. The Balaban J connectivity index is 1.92. The Morgan fingerprint density at radius 2 is 2.19 bits per heavy atom. The van der Waals surface area contributed by atoms with Crippen LogP contribution >= 0.6 is 11.3 Å². The van der Waals surface area contributed by atoms with E-state index < -0.39 is 11.0 Å². The molecule has 1 amide bonds. The van der Waals surface area contributed by atoms with Crippen LogP contribution in [0.3, 0.4) is 0 Å². The summed E-state index contributed by atoms with van der Waals surface area (Å²) in [7, 11) is 0. The molecule has 2 aliphatic heterocycles. The van der Waals surface area contributed by atoms with Crippen LogP contribution in [0.1, 0.15) is 38.1 Å². The van der Waals surface area contributed by atoms with Crippen LogP contribution < -0.4 is 5.32 Å². The van der Waals surface area contributed by atoms with Crippen molar-refractivity contribution in [3.63, 3.8) is 0 Å². The number of hydrogen-bond donors (Lipinski definition) is 3. The second kappa shape index (κ2) is 5.81. The molecule has 0 saturated heterocycles. The molecule has 2 aromatic heterocycles. The van der Waals surface area contributed by atoms with Gasteiger partial charge in [0.05, 0.1) is 23.3 Å². The van der Waals surface area contributed by atoms with E-state index in [1.807, 2.05) is 27.0 Å². The van der Waals surface area contributed by atoms with Gasteiger partial charge >= 0.3 is 0 Å². The van der Waals surface area contributed by atoms with Crippen LogP contribution in [0.4, 0.5) is 0 Å². The van der Waals surface area contributed by atoms with Crippen molar-refractivity contribution >= 4 is 28.5 Å². The van der Waals surface area contributed by atoms with Crippen LogP contribution in [0.25, 0.3) is 21.7 Å². The first-order valence-electron chi connectivity index (χ1n) is 8.93. The second-order valence-electron chi connectivity index (χ2n) is 8.28. The SMILES string of the molecule is C=C1NC2=C(CN(C(C)=O)CC2(O)C(C)(C)C)c2cc(-c3cn[nH]c3)sc21. The van der Waals surface area contributed by atoms with Crippen LogP contribution in [0, 0.1) is 5.41 Å². The highest BCUT2D eigenvalue weighted by atomic mass is 32.1. The molecule has 0 fully saturated rings. The Morgan fingerprint density at radius 1 is 1.44 bits per heavy atom. The van der Waals surface area contributed by atoms with Gasteiger partial charge in [-0.05, 0) is 11.5 Å². The topological polar surface area (TPSA) is 81.2 Å². The highest BCUT2D eigenvalue weighted by Crippen LogP contribution is 2.49. The standard InChI is InChI=1S/C20H24N4O2S/c1-11-17-14(6-16(27-17)13-7-21-22-8-13)15-9-24(12(2)25)10-20(26,18(15)23-11)19(3,4)5/h6-8,23,26H,1,9-10H2,2-5H3,(H,21,22). The van der Waals surface area contributed by atoms with Crippen molar-refractivity contribution in [3.8, 4) is 10.4 Å². The van der Waals surface area contributed by atoms with Gasteiger partial charge in [0.25, 0.3) is 0 Å². The fraction of sp³-hybridized carbons (Fsp3) is 0.400. The van der Waals surface area contributed by atoms with Crippen LogP contribution in [0.15, 0.2) is 30.7 Å². The molecule has 0 radical (unpaired) electrons. The quantitative estimate of drug-likeness (QED) is 0.706. The summed E-state index contributed by atoms with van der Waals surface area (Å²) in [6, 6.07) is 2.11. The molecular formula is C20H24N4O2S. The van der Waals surface area contributed by atoms with Crippen LogP contribution in [0.5, 0.6) is 0 Å². The summed E-state index contributed by atoms with van der Waals surface area (Å²) in [6.45, 7) is 12.5. The number of β-amino-alcohol motifs (C(OH)–C–C–N with tert-alkyl or cyclic N) is 1. The van der Waals surface area contributed by atoms with E-state index in [9.17, 15) is 9.90 Å². The fourth-order valence-corrected chi connectivity index (χ4v) is 4.83. The summed E-state index contributed by atoms with van der Waals surface area (Å²) in [4.78, 5) is 16.0. The first kappa shape index (κ1) is 18.0. The number of nitrogens with one attached hydrogen (secondary N) is 2. The van der Waals surface area contributed by atoms with Crippen molar-refractivity contribution in [2.45, 2.75) is 33.3 Å². The fourth-order valence-electron chi connectivity index (χ4n) is 3.74. The molecule has 0 bridgehead atoms. The van der Waals surface area contributed by atoms with Crippen molar-refractivity contribution in [2.24, 2.45) is 5.41 Å². The number of nitrogens with zero attached hydrogens (tertiary/aromatic N) is 2. The minimum Gasteiger partial charge on any atom is -0.381 e. The molecule has 1 atom stereocenters. The minimum absolute atomic E-state index is 0.0412. The van der Waals surface area contributed by atoms with Gasteiger partial charge in [0, 0.05) is 46.9 Å². The lowest BCUT2D eigenvalue weighted by atomic mass is 9.69. The first-order valence-corrected chi connectivity index (χ1v) is 9.74. The van der Waals surface area contributed by atoms with Crippen molar-refractivity contribution in [1.29, 1.82) is 0 Å². The molecule has 2 aromatic rings. The molecule has 4 rings (SSSR count). The lowest BCUT2D eigenvalue weighted by molar-refractivity contribution is -0.135. The Labute approximate surface area is 162 Å². The van der Waals surface area contributed by atoms with E-state index in [-0.39, 0.29) is 12.5 Å². The molecule has 4 heterocycles. The Kier molecular flexibility index (Phi) is 3.87. The van der Waals surface area contributed by atoms with Crippen molar-refractivity contribution in [2.75, 3.05) is 13.1 Å². The third-order valence-corrected chi connectivity index (χ3v) is 6.80. The minimum atomic E-state index is -1.19. The van der Waals surface area contributed by atoms with Gasteiger partial charge in [0.15, 0.2) is 0 Å². The van der Waals surface area contributed by atoms with Crippen molar-refractivity contribution in [1.82, 2.24) is 20.4 Å². The lowest BCUT2D eigenvalue weighted by Gasteiger charge is -2.50. The average Bonchev–Trinajstić information content (AvgIpc) is 3.24. The maximum absolute atomic E-state index is 12.2. The zero-order chi connectivity index (χ0) is 19.6. The van der Waals surface area contributed by atoms with Gasteiger partial charge in [-0.3, -0.25) is 9.89 Å². The van der Waals surface area contributed by atoms with Gasteiger partial charge < -0.3 is 15.3 Å². The summed E-state index contributed by atoms with van der Waals surface area (Å²) in [5, 5.41) is 21.9. The summed E-state index contributed by atoms with van der Waals surface area (Å²) < 4.78 is 0. The van der Waals surface area contributed by atoms with Crippen LogP contribution in [0.2, 0.25) is 0 Å². The lowest BCUT2D eigenvalue weighted by Crippen LogP contribution is -2.60. The first-order chi connectivity index (χ1) is 12.6. The highest BCUT2D eigenvalue weighted by Gasteiger charge is 2.51. The number of carbonyl (C=O) groups excluding carboxylic acids is 1. The van der Waals surface area contributed by atoms with E-state index in [1.165, 1.54) is 0 Å². The third kappa shape index (κ3) is 2.64. The predicted molar refractivity (Wildman–Crippen MR) is 108 cm³/mol. The molecule has 142 valence electrons. The van der Waals surface area contributed by atoms with Gasteiger partial charge in [-0.25, -0.2) is 0 Å². The number of fused-ring (bicyclic) bond motifs is 2. The van der Waals surface area contributed by atoms with Gasteiger partial charge in [-0.15, -0.1) is 11.3 Å². The molecular weight excluding hydrogens is 360 g/mol. The molecule has 0 aliphatic carbocycles.